The number of aromatic amines is 1. The van der Waals surface area contributed by atoms with E-state index >= 15 is 0 Å². The lowest BCUT2D eigenvalue weighted by Crippen LogP contribution is -2.39. The molecule has 1 saturated heterocycles. The van der Waals surface area contributed by atoms with Gasteiger partial charge in [-0.05, 0) is 43.4 Å². The first-order valence-electron chi connectivity index (χ1n) is 11.9. The van der Waals surface area contributed by atoms with Crippen molar-refractivity contribution in [2.45, 2.75) is 64.1 Å². The maximum Gasteiger partial charge on any atom is 0.255 e. The summed E-state index contributed by atoms with van der Waals surface area (Å²) in [6, 6.07) is 7.98. The smallest absolute Gasteiger partial charge is 0.255 e. The van der Waals surface area contributed by atoms with Gasteiger partial charge < -0.3 is 14.6 Å². The first-order chi connectivity index (χ1) is 15.6. The molecule has 0 spiro atoms. The van der Waals surface area contributed by atoms with E-state index in [1.54, 1.807) is 7.11 Å². The molecule has 2 aliphatic heterocycles. The van der Waals surface area contributed by atoms with Crippen LogP contribution >= 0.6 is 0 Å². The van der Waals surface area contributed by atoms with Crippen molar-refractivity contribution in [3.05, 3.63) is 57.3 Å². The van der Waals surface area contributed by atoms with Crippen molar-refractivity contribution in [3.63, 3.8) is 0 Å². The van der Waals surface area contributed by atoms with Gasteiger partial charge in [0.2, 0.25) is 5.91 Å². The summed E-state index contributed by atoms with van der Waals surface area (Å²) in [5.41, 5.74) is 2.81. The van der Waals surface area contributed by atoms with Crippen molar-refractivity contribution in [1.82, 2.24) is 19.8 Å². The average Bonchev–Trinajstić information content (AvgIpc) is 3.52. The molecule has 7 heteroatoms. The number of carbonyl (C=O) groups is 1. The van der Waals surface area contributed by atoms with E-state index in [1.165, 1.54) is 5.56 Å². The van der Waals surface area contributed by atoms with Crippen LogP contribution in [0.2, 0.25) is 0 Å². The highest BCUT2D eigenvalue weighted by Crippen LogP contribution is 2.35. The number of carbonyl (C=O) groups excluding carboxylic acids is 1. The van der Waals surface area contributed by atoms with Gasteiger partial charge in [-0.15, -0.1) is 0 Å². The van der Waals surface area contributed by atoms with Crippen molar-refractivity contribution >= 4 is 5.91 Å². The lowest BCUT2D eigenvalue weighted by atomic mass is 10.0. The second-order valence-corrected chi connectivity index (χ2v) is 9.36. The highest BCUT2D eigenvalue weighted by atomic mass is 16.5. The molecule has 0 bridgehead atoms. The molecule has 7 nitrogen and oxygen atoms in total. The zero-order valence-corrected chi connectivity index (χ0v) is 18.8. The van der Waals surface area contributed by atoms with Crippen molar-refractivity contribution in [3.8, 4) is 5.75 Å². The van der Waals surface area contributed by atoms with Gasteiger partial charge in [0, 0.05) is 38.5 Å². The Morgan fingerprint density at radius 2 is 1.91 bits per heavy atom. The van der Waals surface area contributed by atoms with Crippen LogP contribution in [0, 0.1) is 5.92 Å². The molecule has 170 valence electrons. The second-order valence-electron chi connectivity index (χ2n) is 9.36. The van der Waals surface area contributed by atoms with Crippen LogP contribution in [0.1, 0.15) is 67.2 Å². The molecule has 1 aromatic heterocycles. The number of ether oxygens (including phenoxy) is 1. The van der Waals surface area contributed by atoms with Crippen LogP contribution in [0.3, 0.4) is 0 Å². The Morgan fingerprint density at radius 1 is 1.12 bits per heavy atom. The van der Waals surface area contributed by atoms with Crippen LogP contribution in [-0.4, -0.2) is 45.9 Å². The van der Waals surface area contributed by atoms with Gasteiger partial charge in [0.15, 0.2) is 0 Å². The Morgan fingerprint density at radius 3 is 2.66 bits per heavy atom. The zero-order valence-electron chi connectivity index (χ0n) is 18.8. The van der Waals surface area contributed by atoms with E-state index in [9.17, 15) is 9.59 Å². The lowest BCUT2D eigenvalue weighted by molar-refractivity contribution is -0.136. The Bertz CT molecular complexity index is 1030. The number of methoxy groups -OCH3 is 1. The van der Waals surface area contributed by atoms with Crippen LogP contribution < -0.4 is 10.3 Å². The predicted molar refractivity (Wildman–Crippen MR) is 121 cm³/mol. The van der Waals surface area contributed by atoms with Crippen molar-refractivity contribution in [2.24, 2.45) is 5.92 Å². The summed E-state index contributed by atoms with van der Waals surface area (Å²) in [5, 5.41) is 0. The topological polar surface area (TPSA) is 78.5 Å². The molecule has 1 aliphatic carbocycles. The van der Waals surface area contributed by atoms with Gasteiger partial charge in [-0.2, -0.15) is 0 Å². The largest absolute Gasteiger partial charge is 0.497 e. The van der Waals surface area contributed by atoms with Gasteiger partial charge in [-0.3, -0.25) is 14.5 Å². The fourth-order valence-corrected chi connectivity index (χ4v) is 5.50. The fourth-order valence-electron chi connectivity index (χ4n) is 5.50. The molecule has 3 heterocycles. The molecular formula is C25H32N4O3. The van der Waals surface area contributed by atoms with E-state index < -0.39 is 0 Å². The van der Waals surface area contributed by atoms with Crippen LogP contribution in [0.5, 0.6) is 5.75 Å². The number of aromatic nitrogens is 2. The number of nitrogens with zero attached hydrogens (tertiary/aromatic N) is 3. The average molecular weight is 437 g/mol. The molecule has 32 heavy (non-hydrogen) atoms. The number of benzene rings is 1. The summed E-state index contributed by atoms with van der Waals surface area (Å²) in [4.78, 5) is 38.3. The fraction of sp³-hybridized carbons (Fsp3) is 0.560. The van der Waals surface area contributed by atoms with Gasteiger partial charge in [0.1, 0.15) is 11.6 Å². The maximum absolute atomic E-state index is 13.1. The molecule has 1 amide bonds. The summed E-state index contributed by atoms with van der Waals surface area (Å²) in [5.74, 6) is 1.95. The molecule has 1 aromatic carbocycles. The lowest BCUT2D eigenvalue weighted by Gasteiger charge is -2.30. The molecule has 2 fully saturated rings. The van der Waals surface area contributed by atoms with Crippen LogP contribution in [0.25, 0.3) is 0 Å². The van der Waals surface area contributed by atoms with E-state index in [0.717, 1.165) is 81.6 Å². The van der Waals surface area contributed by atoms with E-state index in [2.05, 4.69) is 22.0 Å². The third kappa shape index (κ3) is 4.18. The Kier molecular flexibility index (Phi) is 6.00. The molecule has 1 atom stereocenters. The molecule has 5 rings (SSSR count). The van der Waals surface area contributed by atoms with Gasteiger partial charge >= 0.3 is 0 Å². The summed E-state index contributed by atoms with van der Waals surface area (Å²) >= 11 is 0. The van der Waals surface area contributed by atoms with Crippen LogP contribution in [0.15, 0.2) is 29.1 Å². The minimum atomic E-state index is -0.0848. The number of hydrogen-bond donors (Lipinski definition) is 1. The maximum atomic E-state index is 13.1. The van der Waals surface area contributed by atoms with Crippen molar-refractivity contribution in [1.29, 1.82) is 0 Å². The van der Waals surface area contributed by atoms with Gasteiger partial charge in [-0.1, -0.05) is 25.0 Å². The Balaban J connectivity index is 1.31. The monoisotopic (exact) mass is 436 g/mol. The first kappa shape index (κ1) is 21.2. The summed E-state index contributed by atoms with van der Waals surface area (Å²) in [6.07, 6.45) is 6.90. The molecule has 3 aliphatic rings. The molecular weight excluding hydrogens is 404 g/mol. The third-order valence-electron chi connectivity index (χ3n) is 7.29. The van der Waals surface area contributed by atoms with E-state index in [-0.39, 0.29) is 23.4 Å². The summed E-state index contributed by atoms with van der Waals surface area (Å²) < 4.78 is 5.23. The number of rotatable bonds is 5. The standard InChI is InChI=1S/C25H32N4O3/c1-32-19-10-8-17(9-11-19)15-28-14-12-21-20(16-28)24(30)27-23(26-21)22-7-4-13-29(22)25(31)18-5-2-3-6-18/h8-11,18,22H,2-7,12-16H2,1H3,(H,26,27,30)/t22-/m0/s1. The summed E-state index contributed by atoms with van der Waals surface area (Å²) in [6.45, 7) is 3.02. The van der Waals surface area contributed by atoms with E-state index in [4.69, 9.17) is 9.72 Å². The Labute approximate surface area is 188 Å². The number of fused-ring (bicyclic) bond motifs is 1. The second kappa shape index (κ2) is 9.06. The zero-order chi connectivity index (χ0) is 22.1. The quantitative estimate of drug-likeness (QED) is 0.779. The van der Waals surface area contributed by atoms with Crippen LogP contribution in [-0.2, 0) is 24.3 Å². The highest BCUT2D eigenvalue weighted by molar-refractivity contribution is 5.79. The number of likely N-dealkylation sites (tertiary alicyclic amines) is 1. The minimum Gasteiger partial charge on any atom is -0.497 e. The number of nitrogens with one attached hydrogen (secondary N) is 1. The Hall–Kier alpha value is -2.67. The minimum absolute atomic E-state index is 0.0513. The van der Waals surface area contributed by atoms with Crippen molar-refractivity contribution < 1.29 is 9.53 Å². The molecule has 1 N–H and O–H groups in total. The van der Waals surface area contributed by atoms with E-state index in [1.807, 2.05) is 17.0 Å². The van der Waals surface area contributed by atoms with Crippen molar-refractivity contribution in [2.75, 3.05) is 20.2 Å². The molecule has 0 radical (unpaired) electrons. The molecule has 0 unspecified atom stereocenters. The predicted octanol–water partition coefficient (Wildman–Crippen LogP) is 3.19. The van der Waals surface area contributed by atoms with E-state index in [0.29, 0.717) is 12.4 Å². The number of amides is 1. The first-order valence-corrected chi connectivity index (χ1v) is 11.9. The molecule has 1 saturated carbocycles. The summed E-state index contributed by atoms with van der Waals surface area (Å²) in [7, 11) is 1.67. The van der Waals surface area contributed by atoms with Gasteiger partial charge in [0.05, 0.1) is 24.4 Å². The SMILES string of the molecule is COc1ccc(CN2CCc3nc([C@@H]4CCCN4C(=O)C4CCCC4)[nH]c(=O)c3C2)cc1. The normalized spacial score (nSPS) is 21.7. The van der Waals surface area contributed by atoms with Crippen LogP contribution in [0.4, 0.5) is 0 Å². The highest BCUT2D eigenvalue weighted by Gasteiger charge is 2.36. The van der Waals surface area contributed by atoms with Gasteiger partial charge in [-0.25, -0.2) is 4.98 Å². The third-order valence-corrected chi connectivity index (χ3v) is 7.29. The number of hydrogen-bond acceptors (Lipinski definition) is 5. The molecule has 2 aromatic rings. The van der Waals surface area contributed by atoms with Gasteiger partial charge in [0.25, 0.3) is 5.56 Å². The number of H-pyrrole nitrogens is 1.